The SMILES string of the molecule is O=C(NC1CN(S(=O)(=O)C2CCCC2)C1)C(=O)[C@H]1CCC(=O)N1Cc1ccccc1. The highest BCUT2D eigenvalue weighted by molar-refractivity contribution is 7.89. The van der Waals surface area contributed by atoms with Crippen molar-refractivity contribution < 1.29 is 22.8 Å². The lowest BCUT2D eigenvalue weighted by molar-refractivity contribution is -0.143. The van der Waals surface area contributed by atoms with Gasteiger partial charge in [0.25, 0.3) is 5.91 Å². The van der Waals surface area contributed by atoms with Gasteiger partial charge in [0.15, 0.2) is 0 Å². The Balaban J connectivity index is 1.31. The predicted molar refractivity (Wildman–Crippen MR) is 110 cm³/mol. The number of carbonyl (C=O) groups is 3. The maximum Gasteiger partial charge on any atom is 0.289 e. The van der Waals surface area contributed by atoms with Crippen molar-refractivity contribution in [2.24, 2.45) is 0 Å². The van der Waals surface area contributed by atoms with E-state index in [1.807, 2.05) is 30.3 Å². The van der Waals surface area contributed by atoms with Gasteiger partial charge in [0.1, 0.15) is 6.04 Å². The lowest BCUT2D eigenvalue weighted by Crippen LogP contribution is -2.63. The smallest absolute Gasteiger partial charge is 0.289 e. The Morgan fingerprint density at radius 1 is 1.03 bits per heavy atom. The van der Waals surface area contributed by atoms with Crippen molar-refractivity contribution in [1.82, 2.24) is 14.5 Å². The third-order valence-corrected chi connectivity index (χ3v) is 8.65. The number of likely N-dealkylation sites (tertiary alicyclic amines) is 1. The summed E-state index contributed by atoms with van der Waals surface area (Å²) in [7, 11) is -3.31. The molecule has 162 valence electrons. The summed E-state index contributed by atoms with van der Waals surface area (Å²) in [5.41, 5.74) is 0.901. The topological polar surface area (TPSA) is 104 Å². The molecule has 0 bridgehead atoms. The predicted octanol–water partition coefficient (Wildman–Crippen LogP) is 0.819. The van der Waals surface area contributed by atoms with E-state index in [-0.39, 0.29) is 36.7 Å². The molecule has 0 spiro atoms. The molecule has 2 aliphatic heterocycles. The molecule has 1 aromatic rings. The minimum atomic E-state index is -3.31. The number of sulfonamides is 1. The van der Waals surface area contributed by atoms with Crippen LogP contribution in [0.3, 0.4) is 0 Å². The Labute approximate surface area is 176 Å². The molecule has 4 rings (SSSR count). The minimum absolute atomic E-state index is 0.137. The zero-order valence-corrected chi connectivity index (χ0v) is 17.6. The molecule has 30 heavy (non-hydrogen) atoms. The highest BCUT2D eigenvalue weighted by Gasteiger charge is 2.44. The Kier molecular flexibility index (Phi) is 5.92. The first-order chi connectivity index (χ1) is 14.4. The third-order valence-electron chi connectivity index (χ3n) is 6.32. The Bertz CT molecular complexity index is 921. The molecule has 0 aromatic heterocycles. The number of Topliss-reactive ketones (excluding diaryl/α,β-unsaturated/α-hetero) is 1. The fourth-order valence-electron chi connectivity index (χ4n) is 4.53. The first-order valence-electron chi connectivity index (χ1n) is 10.5. The molecule has 0 unspecified atom stereocenters. The molecule has 2 saturated heterocycles. The van der Waals surface area contributed by atoms with Crippen molar-refractivity contribution in [2.45, 2.75) is 62.4 Å². The summed E-state index contributed by atoms with van der Waals surface area (Å²) in [5.74, 6) is -1.51. The van der Waals surface area contributed by atoms with Crippen LogP contribution in [0.2, 0.25) is 0 Å². The summed E-state index contributed by atoms with van der Waals surface area (Å²) in [6, 6.07) is 8.22. The third kappa shape index (κ3) is 4.13. The number of benzene rings is 1. The van der Waals surface area contributed by atoms with E-state index in [0.29, 0.717) is 25.8 Å². The van der Waals surface area contributed by atoms with Crippen LogP contribution in [-0.4, -0.2) is 65.6 Å². The lowest BCUT2D eigenvalue weighted by Gasteiger charge is -2.39. The summed E-state index contributed by atoms with van der Waals surface area (Å²) in [4.78, 5) is 38.9. The Morgan fingerprint density at radius 3 is 2.37 bits per heavy atom. The zero-order chi connectivity index (χ0) is 21.3. The summed E-state index contributed by atoms with van der Waals surface area (Å²) < 4.78 is 26.5. The van der Waals surface area contributed by atoms with Gasteiger partial charge in [-0.15, -0.1) is 0 Å². The highest BCUT2D eigenvalue weighted by Crippen LogP contribution is 2.29. The van der Waals surface area contributed by atoms with E-state index in [2.05, 4.69) is 5.32 Å². The van der Waals surface area contributed by atoms with Gasteiger partial charge in [-0.25, -0.2) is 8.42 Å². The number of hydrogen-bond acceptors (Lipinski definition) is 5. The minimum Gasteiger partial charge on any atom is -0.344 e. The maximum absolute atomic E-state index is 12.7. The van der Waals surface area contributed by atoms with Crippen LogP contribution in [-0.2, 0) is 31.0 Å². The van der Waals surface area contributed by atoms with Crippen LogP contribution in [0, 0.1) is 0 Å². The van der Waals surface area contributed by atoms with E-state index in [4.69, 9.17) is 0 Å². The van der Waals surface area contributed by atoms with E-state index in [1.165, 1.54) is 9.21 Å². The van der Waals surface area contributed by atoms with Crippen molar-refractivity contribution in [3.05, 3.63) is 35.9 Å². The van der Waals surface area contributed by atoms with Crippen molar-refractivity contribution >= 4 is 27.6 Å². The van der Waals surface area contributed by atoms with Crippen molar-refractivity contribution in [1.29, 1.82) is 0 Å². The number of rotatable bonds is 7. The quantitative estimate of drug-likeness (QED) is 0.641. The standard InChI is InChI=1S/C21H27N3O5S/c25-19-11-10-18(24(19)12-15-6-2-1-3-7-15)20(26)21(27)22-16-13-23(14-16)30(28,29)17-8-4-5-9-17/h1-3,6-7,16-18H,4-5,8-14H2,(H,22,27)/t18-/m1/s1. The largest absolute Gasteiger partial charge is 0.344 e. The van der Waals surface area contributed by atoms with Gasteiger partial charge in [0, 0.05) is 26.1 Å². The second-order valence-electron chi connectivity index (χ2n) is 8.36. The van der Waals surface area contributed by atoms with Crippen molar-refractivity contribution in [3.8, 4) is 0 Å². The second-order valence-corrected chi connectivity index (χ2v) is 10.6. The van der Waals surface area contributed by atoms with Crippen molar-refractivity contribution in [3.63, 3.8) is 0 Å². The fraction of sp³-hybridized carbons (Fsp3) is 0.571. The molecule has 2 amide bonds. The Hall–Kier alpha value is -2.26. The molecule has 1 N–H and O–H groups in total. The highest BCUT2D eigenvalue weighted by atomic mass is 32.2. The van der Waals surface area contributed by atoms with Crippen LogP contribution >= 0.6 is 0 Å². The number of carbonyl (C=O) groups excluding carboxylic acids is 3. The lowest BCUT2D eigenvalue weighted by atomic mass is 10.1. The van der Waals surface area contributed by atoms with Gasteiger partial charge in [-0.05, 0) is 24.8 Å². The zero-order valence-electron chi connectivity index (χ0n) is 16.8. The van der Waals surface area contributed by atoms with Gasteiger partial charge in [-0.3, -0.25) is 14.4 Å². The molecular formula is C21H27N3O5S. The first kappa shape index (κ1) is 21.0. The van der Waals surface area contributed by atoms with Crippen LogP contribution in [0.25, 0.3) is 0 Å². The van der Waals surface area contributed by atoms with Gasteiger partial charge in [0.05, 0.1) is 11.3 Å². The average molecular weight is 434 g/mol. The number of ketones is 1. The Morgan fingerprint density at radius 2 is 1.70 bits per heavy atom. The number of amides is 2. The normalized spacial score (nSPS) is 23.5. The van der Waals surface area contributed by atoms with E-state index < -0.39 is 27.8 Å². The molecule has 1 atom stereocenters. The average Bonchev–Trinajstić information content (AvgIpc) is 3.36. The summed E-state index contributed by atoms with van der Waals surface area (Å²) >= 11 is 0. The van der Waals surface area contributed by atoms with Crippen molar-refractivity contribution in [2.75, 3.05) is 13.1 Å². The van der Waals surface area contributed by atoms with E-state index >= 15 is 0 Å². The van der Waals surface area contributed by atoms with Gasteiger partial charge in [-0.2, -0.15) is 4.31 Å². The summed E-state index contributed by atoms with van der Waals surface area (Å²) in [6.07, 6.45) is 3.83. The second kappa shape index (κ2) is 8.47. The van der Waals surface area contributed by atoms with Crippen LogP contribution < -0.4 is 5.32 Å². The van der Waals surface area contributed by atoms with Gasteiger partial charge >= 0.3 is 0 Å². The summed E-state index contributed by atoms with van der Waals surface area (Å²) in [6.45, 7) is 0.699. The van der Waals surface area contributed by atoms with Crippen LogP contribution in [0.1, 0.15) is 44.1 Å². The molecule has 3 aliphatic rings. The number of hydrogen-bond donors (Lipinski definition) is 1. The van der Waals surface area contributed by atoms with Gasteiger partial charge < -0.3 is 10.2 Å². The van der Waals surface area contributed by atoms with Crippen LogP contribution in [0.4, 0.5) is 0 Å². The molecular weight excluding hydrogens is 406 g/mol. The van der Waals surface area contributed by atoms with Crippen LogP contribution in [0.15, 0.2) is 30.3 Å². The number of nitrogens with one attached hydrogen (secondary N) is 1. The molecule has 1 aliphatic carbocycles. The van der Waals surface area contributed by atoms with Gasteiger partial charge in [0.2, 0.25) is 21.7 Å². The molecule has 8 nitrogen and oxygen atoms in total. The maximum atomic E-state index is 12.7. The van der Waals surface area contributed by atoms with Crippen LogP contribution in [0.5, 0.6) is 0 Å². The molecule has 1 saturated carbocycles. The molecule has 3 fully saturated rings. The molecule has 1 aromatic carbocycles. The molecule has 2 heterocycles. The fourth-order valence-corrected chi connectivity index (χ4v) is 6.65. The van der Waals surface area contributed by atoms with E-state index in [0.717, 1.165) is 18.4 Å². The molecule has 0 radical (unpaired) electrons. The van der Waals surface area contributed by atoms with Gasteiger partial charge in [-0.1, -0.05) is 43.2 Å². The molecule has 9 heteroatoms. The monoisotopic (exact) mass is 433 g/mol. The van der Waals surface area contributed by atoms with E-state index in [1.54, 1.807) is 0 Å². The van der Waals surface area contributed by atoms with E-state index in [9.17, 15) is 22.8 Å². The first-order valence-corrected chi connectivity index (χ1v) is 12.0. The number of nitrogens with zero attached hydrogens (tertiary/aromatic N) is 2. The summed E-state index contributed by atoms with van der Waals surface area (Å²) in [5, 5.41) is 2.34.